The Labute approximate surface area is 181 Å². The maximum absolute atomic E-state index is 10.7. The van der Waals surface area contributed by atoms with Gasteiger partial charge < -0.3 is 4.74 Å². The molecule has 0 radical (unpaired) electrons. The minimum absolute atomic E-state index is 0.204. The van der Waals surface area contributed by atoms with Crippen molar-refractivity contribution in [3.63, 3.8) is 0 Å². The normalized spacial score (nSPS) is 10.9. The lowest BCUT2D eigenvalue weighted by molar-refractivity contribution is 0.314. The minimum atomic E-state index is -3.96. The van der Waals surface area contributed by atoms with Gasteiger partial charge >= 0.3 is 0 Å². The summed E-state index contributed by atoms with van der Waals surface area (Å²) < 4.78 is 35.7. The van der Waals surface area contributed by atoms with E-state index in [-0.39, 0.29) is 18.8 Å². The van der Waals surface area contributed by atoms with Crippen molar-refractivity contribution >= 4 is 21.7 Å². The predicted octanol–water partition coefficient (Wildman–Crippen LogP) is 4.77. The van der Waals surface area contributed by atoms with Crippen LogP contribution in [0.25, 0.3) is 11.1 Å². The zero-order chi connectivity index (χ0) is 21.6. The van der Waals surface area contributed by atoms with Crippen LogP contribution in [0.4, 0.5) is 0 Å². The molecule has 1 N–H and O–H groups in total. The highest BCUT2D eigenvalue weighted by Crippen LogP contribution is 2.21. The van der Waals surface area contributed by atoms with Crippen LogP contribution >= 0.6 is 11.6 Å². The summed E-state index contributed by atoms with van der Waals surface area (Å²) in [5, 5.41) is 0.694. The van der Waals surface area contributed by atoms with Gasteiger partial charge in [-0.25, -0.2) is 4.98 Å². The van der Waals surface area contributed by atoms with Crippen molar-refractivity contribution in [2.24, 2.45) is 0 Å². The first-order valence-corrected chi connectivity index (χ1v) is 11.2. The molecule has 0 aliphatic carbocycles. The van der Waals surface area contributed by atoms with Crippen LogP contribution in [0.2, 0.25) is 5.02 Å². The monoisotopic (exact) mass is 441 g/mol. The van der Waals surface area contributed by atoms with E-state index in [4.69, 9.17) is 20.9 Å². The van der Waals surface area contributed by atoms with Crippen LogP contribution in [0.1, 0.15) is 23.2 Å². The molecule has 7 heteroatoms. The lowest BCUT2D eigenvalue weighted by Gasteiger charge is -2.08. The molecule has 3 rings (SSSR count). The summed E-state index contributed by atoms with van der Waals surface area (Å²) in [5.41, 5.74) is 4.40. The van der Waals surface area contributed by atoms with Crippen LogP contribution in [0.15, 0.2) is 60.8 Å². The summed E-state index contributed by atoms with van der Waals surface area (Å²) in [7, 11) is -3.96. The van der Waals surface area contributed by atoms with Gasteiger partial charge in [0.2, 0.25) is 0 Å². The number of aryl methyl sites for hydroxylation is 1. The van der Waals surface area contributed by atoms with E-state index in [2.05, 4.69) is 16.8 Å². The highest BCUT2D eigenvalue weighted by molar-refractivity contribution is 7.85. The Bertz CT molecular complexity index is 1180. The zero-order valence-corrected chi connectivity index (χ0v) is 17.9. The second-order valence-corrected chi connectivity index (χ2v) is 8.67. The summed E-state index contributed by atoms with van der Waals surface area (Å²) in [6, 6.07) is 16.9. The van der Waals surface area contributed by atoms with Gasteiger partial charge in [-0.3, -0.25) is 4.55 Å². The first-order chi connectivity index (χ1) is 14.3. The number of benzene rings is 2. The van der Waals surface area contributed by atoms with Gasteiger partial charge in [-0.2, -0.15) is 8.42 Å². The Balaban J connectivity index is 1.63. The topological polar surface area (TPSA) is 76.5 Å². The molecule has 0 saturated heterocycles. The summed E-state index contributed by atoms with van der Waals surface area (Å²) in [5.74, 6) is 6.47. The maximum Gasteiger partial charge on any atom is 0.264 e. The van der Waals surface area contributed by atoms with Crippen molar-refractivity contribution < 1.29 is 17.7 Å². The van der Waals surface area contributed by atoms with E-state index in [1.165, 1.54) is 0 Å². The van der Waals surface area contributed by atoms with Crippen molar-refractivity contribution in [3.8, 4) is 28.7 Å². The molecule has 2 aromatic carbocycles. The first-order valence-electron chi connectivity index (χ1n) is 9.23. The standard InChI is InChI=1S/C23H20ClNO4S/c1-17-15-18(4-12-23(17)29-13-2-14-30(26,27)28)3-10-22-11-7-20(16-25-22)19-5-8-21(24)9-6-19/h4-9,11-12,15-16H,2,13-14H2,1H3,(H,26,27,28). The van der Waals surface area contributed by atoms with Gasteiger partial charge in [0, 0.05) is 22.3 Å². The zero-order valence-electron chi connectivity index (χ0n) is 16.3. The molecule has 0 aliphatic heterocycles. The molecule has 0 atom stereocenters. The second-order valence-electron chi connectivity index (χ2n) is 6.66. The molecule has 0 unspecified atom stereocenters. The fourth-order valence-corrected chi connectivity index (χ4v) is 3.34. The highest BCUT2D eigenvalue weighted by Gasteiger charge is 2.05. The molecule has 154 valence electrons. The average Bonchev–Trinajstić information content (AvgIpc) is 2.71. The SMILES string of the molecule is Cc1cc(C#Cc2ccc(-c3ccc(Cl)cc3)cn2)ccc1OCCCS(=O)(=O)O. The van der Waals surface area contributed by atoms with E-state index in [9.17, 15) is 8.42 Å². The lowest BCUT2D eigenvalue weighted by Crippen LogP contribution is -2.08. The predicted molar refractivity (Wildman–Crippen MR) is 118 cm³/mol. The molecule has 0 spiro atoms. The number of ether oxygens (including phenoxy) is 1. The van der Waals surface area contributed by atoms with Crippen LogP contribution in [0.3, 0.4) is 0 Å². The number of rotatable bonds is 6. The number of nitrogens with zero attached hydrogens (tertiary/aromatic N) is 1. The van der Waals surface area contributed by atoms with E-state index in [0.717, 1.165) is 22.3 Å². The summed E-state index contributed by atoms with van der Waals surface area (Å²) in [6.45, 7) is 2.10. The van der Waals surface area contributed by atoms with Gasteiger partial charge in [0.15, 0.2) is 0 Å². The van der Waals surface area contributed by atoms with Crippen LogP contribution in [-0.4, -0.2) is 30.3 Å². The summed E-state index contributed by atoms with van der Waals surface area (Å²) in [4.78, 5) is 4.40. The molecule has 1 heterocycles. The van der Waals surface area contributed by atoms with Gasteiger partial charge in [-0.1, -0.05) is 35.7 Å². The molecule has 3 aromatic rings. The molecule has 0 fully saturated rings. The highest BCUT2D eigenvalue weighted by atomic mass is 35.5. The van der Waals surface area contributed by atoms with Crippen molar-refractivity contribution in [1.29, 1.82) is 0 Å². The molecule has 5 nitrogen and oxygen atoms in total. The molecule has 1 aromatic heterocycles. The van der Waals surface area contributed by atoms with Crippen LogP contribution in [0, 0.1) is 18.8 Å². The Hall–Kier alpha value is -2.85. The lowest BCUT2D eigenvalue weighted by atomic mass is 10.1. The number of halogens is 1. The summed E-state index contributed by atoms with van der Waals surface area (Å²) in [6.07, 6.45) is 2.00. The van der Waals surface area contributed by atoms with Crippen LogP contribution in [0.5, 0.6) is 5.75 Å². The maximum atomic E-state index is 10.7. The van der Waals surface area contributed by atoms with Gasteiger partial charge in [0.05, 0.1) is 12.4 Å². The molecule has 0 saturated carbocycles. The third-order valence-electron chi connectivity index (χ3n) is 4.26. The number of hydrogen-bond donors (Lipinski definition) is 1. The molecule has 30 heavy (non-hydrogen) atoms. The summed E-state index contributed by atoms with van der Waals surface area (Å²) >= 11 is 5.92. The van der Waals surface area contributed by atoms with Gasteiger partial charge in [-0.05, 0) is 66.8 Å². The number of aromatic nitrogens is 1. The van der Waals surface area contributed by atoms with E-state index in [0.29, 0.717) is 16.5 Å². The number of pyridine rings is 1. The van der Waals surface area contributed by atoms with E-state index in [1.807, 2.05) is 55.5 Å². The van der Waals surface area contributed by atoms with Gasteiger partial charge in [0.25, 0.3) is 10.1 Å². The third kappa shape index (κ3) is 6.60. The molecule has 0 aliphatic rings. The van der Waals surface area contributed by atoms with Crippen molar-refractivity contribution in [1.82, 2.24) is 4.98 Å². The van der Waals surface area contributed by atoms with Crippen molar-refractivity contribution in [2.75, 3.05) is 12.4 Å². The fourth-order valence-electron chi connectivity index (χ4n) is 2.73. The Morgan fingerprint density at radius 1 is 1.03 bits per heavy atom. The van der Waals surface area contributed by atoms with E-state index in [1.54, 1.807) is 12.3 Å². The molecular formula is C23H20ClNO4S. The Morgan fingerprint density at radius 3 is 2.40 bits per heavy atom. The minimum Gasteiger partial charge on any atom is -0.493 e. The Morgan fingerprint density at radius 2 is 1.77 bits per heavy atom. The van der Waals surface area contributed by atoms with Gasteiger partial charge in [0.1, 0.15) is 11.4 Å². The van der Waals surface area contributed by atoms with E-state index >= 15 is 0 Å². The second kappa shape index (κ2) is 9.77. The van der Waals surface area contributed by atoms with E-state index < -0.39 is 10.1 Å². The smallest absolute Gasteiger partial charge is 0.264 e. The average molecular weight is 442 g/mol. The quantitative estimate of drug-likeness (QED) is 0.339. The fraction of sp³-hybridized carbons (Fsp3) is 0.174. The van der Waals surface area contributed by atoms with Crippen LogP contribution < -0.4 is 4.74 Å². The number of hydrogen-bond acceptors (Lipinski definition) is 4. The Kier molecular flexibility index (Phi) is 7.11. The van der Waals surface area contributed by atoms with Crippen molar-refractivity contribution in [2.45, 2.75) is 13.3 Å². The van der Waals surface area contributed by atoms with Gasteiger partial charge in [-0.15, -0.1) is 0 Å². The molecule has 0 bridgehead atoms. The third-order valence-corrected chi connectivity index (χ3v) is 5.31. The molecular weight excluding hydrogens is 422 g/mol. The largest absolute Gasteiger partial charge is 0.493 e. The van der Waals surface area contributed by atoms with Crippen molar-refractivity contribution in [3.05, 3.63) is 82.6 Å². The first kappa shape index (κ1) is 21.8. The van der Waals surface area contributed by atoms with Crippen LogP contribution in [-0.2, 0) is 10.1 Å². The molecule has 0 amide bonds.